The van der Waals surface area contributed by atoms with Gasteiger partial charge in [-0.25, -0.2) is 23.5 Å². The number of H-pyrrole nitrogens is 1. The smallest absolute Gasteiger partial charge is 0.329 e. The number of pyridine rings is 1. The number of nitrogens with zero attached hydrogens (tertiary/aromatic N) is 6. The van der Waals surface area contributed by atoms with Crippen molar-refractivity contribution in [3.05, 3.63) is 80.9 Å². The second-order valence-electron chi connectivity index (χ2n) is 8.85. The number of carbonyl (C=O) groups is 1. The summed E-state index contributed by atoms with van der Waals surface area (Å²) in [6.45, 7) is 3.17. The Morgan fingerprint density at radius 1 is 1.05 bits per heavy atom. The molecule has 0 radical (unpaired) electrons. The Morgan fingerprint density at radius 3 is 2.46 bits per heavy atom. The van der Waals surface area contributed by atoms with Gasteiger partial charge in [-0.15, -0.1) is 0 Å². The highest BCUT2D eigenvalue weighted by molar-refractivity contribution is 5.90. The third-order valence-corrected chi connectivity index (χ3v) is 6.27. The lowest BCUT2D eigenvalue weighted by atomic mass is 10.2. The minimum absolute atomic E-state index is 0.117. The number of anilines is 2. The fraction of sp³-hybridized carbons (Fsp3) is 0.292. The monoisotopic (exact) mass is 510 g/mol. The van der Waals surface area contributed by atoms with Crippen LogP contribution in [0.5, 0.6) is 0 Å². The number of benzene rings is 1. The van der Waals surface area contributed by atoms with Crippen LogP contribution < -0.4 is 21.5 Å². The third-order valence-electron chi connectivity index (χ3n) is 6.27. The molecule has 0 unspecified atom stereocenters. The Bertz CT molecular complexity index is 1550. The molecule has 0 atom stereocenters. The van der Waals surface area contributed by atoms with Crippen molar-refractivity contribution in [3.8, 4) is 0 Å². The fourth-order valence-corrected chi connectivity index (χ4v) is 4.36. The molecule has 1 fully saturated rings. The molecule has 13 heteroatoms. The van der Waals surface area contributed by atoms with E-state index in [2.05, 4.69) is 30.1 Å². The topological polar surface area (TPSA) is 121 Å². The van der Waals surface area contributed by atoms with Crippen LogP contribution in [0.15, 0.2) is 52.4 Å². The summed E-state index contributed by atoms with van der Waals surface area (Å²) < 4.78 is 29.2. The van der Waals surface area contributed by atoms with Crippen molar-refractivity contribution < 1.29 is 13.6 Å². The van der Waals surface area contributed by atoms with Crippen LogP contribution >= 0.6 is 0 Å². The van der Waals surface area contributed by atoms with Crippen molar-refractivity contribution in [2.75, 3.05) is 36.4 Å². The zero-order valence-electron chi connectivity index (χ0n) is 19.9. The second-order valence-corrected chi connectivity index (χ2v) is 8.85. The molecular formula is C24H24F2N8O3. The van der Waals surface area contributed by atoms with E-state index in [4.69, 9.17) is 0 Å². The largest absolute Gasteiger partial charge is 0.368 e. The molecule has 0 bridgehead atoms. The lowest BCUT2D eigenvalue weighted by Crippen LogP contribution is -2.46. The third kappa shape index (κ3) is 5.26. The quantitative estimate of drug-likeness (QED) is 0.398. The molecule has 11 nitrogen and oxygen atoms in total. The van der Waals surface area contributed by atoms with E-state index in [1.54, 1.807) is 12.3 Å². The van der Waals surface area contributed by atoms with Gasteiger partial charge < -0.3 is 14.8 Å². The predicted octanol–water partition coefficient (Wildman–Crippen LogP) is 1.06. The minimum atomic E-state index is -0.583. The summed E-state index contributed by atoms with van der Waals surface area (Å²) in [6, 6.07) is 7.11. The van der Waals surface area contributed by atoms with Gasteiger partial charge in [0, 0.05) is 45.8 Å². The van der Waals surface area contributed by atoms with Gasteiger partial charge in [0.05, 0.1) is 18.2 Å². The van der Waals surface area contributed by atoms with Crippen LogP contribution in [0.3, 0.4) is 0 Å². The van der Waals surface area contributed by atoms with Crippen molar-refractivity contribution in [1.82, 2.24) is 29.0 Å². The van der Waals surface area contributed by atoms with Gasteiger partial charge >= 0.3 is 5.69 Å². The number of aromatic nitrogens is 5. The molecular weight excluding hydrogens is 486 g/mol. The number of hydrogen-bond donors (Lipinski definition) is 2. The summed E-state index contributed by atoms with van der Waals surface area (Å²) >= 11 is 0. The molecule has 1 saturated heterocycles. The zero-order chi connectivity index (χ0) is 26.1. The fourth-order valence-electron chi connectivity index (χ4n) is 4.36. The first-order valence-corrected chi connectivity index (χ1v) is 11.6. The maximum absolute atomic E-state index is 13.4. The molecule has 1 aliphatic rings. The van der Waals surface area contributed by atoms with Crippen LogP contribution in [0.2, 0.25) is 0 Å². The number of nitrogens with one attached hydrogen (secondary N) is 2. The van der Waals surface area contributed by atoms with Gasteiger partial charge in [-0.2, -0.15) is 0 Å². The van der Waals surface area contributed by atoms with Gasteiger partial charge in [0.2, 0.25) is 5.91 Å². The van der Waals surface area contributed by atoms with Crippen molar-refractivity contribution in [3.63, 3.8) is 0 Å². The van der Waals surface area contributed by atoms with E-state index in [-0.39, 0.29) is 17.7 Å². The first-order valence-electron chi connectivity index (χ1n) is 11.6. The molecule has 1 aliphatic heterocycles. The highest BCUT2D eigenvalue weighted by Gasteiger charge is 2.19. The molecule has 5 rings (SSSR count). The Hall–Kier alpha value is -4.39. The van der Waals surface area contributed by atoms with Crippen LogP contribution in [0.4, 0.5) is 20.3 Å². The van der Waals surface area contributed by atoms with Crippen molar-refractivity contribution in [1.29, 1.82) is 0 Å². The number of piperazine rings is 1. The summed E-state index contributed by atoms with van der Waals surface area (Å²) in [5, 5.41) is 2.70. The standard InChI is InChI=1S/C24H24F2N8O3/c1-31-23(36)21-22(30-24(31)37)28-14-34(21)13-20(35)29-19-3-2-18(11-27-19)33-6-4-32(5-7-33)12-15-8-16(25)10-17(26)9-15/h2-3,8-11,14H,4-7,12-13H2,1H3,(H,30,37)(H,27,29,35). The number of aromatic amines is 1. The van der Waals surface area contributed by atoms with Gasteiger partial charge in [-0.1, -0.05) is 0 Å². The number of halogens is 2. The summed E-state index contributed by atoms with van der Waals surface area (Å²) in [4.78, 5) is 51.8. The summed E-state index contributed by atoms with van der Waals surface area (Å²) in [7, 11) is 1.34. The Labute approximate surface area is 209 Å². The van der Waals surface area contributed by atoms with Gasteiger partial charge in [0.1, 0.15) is 24.0 Å². The van der Waals surface area contributed by atoms with E-state index >= 15 is 0 Å². The van der Waals surface area contributed by atoms with Crippen molar-refractivity contribution in [2.24, 2.45) is 7.05 Å². The van der Waals surface area contributed by atoms with E-state index in [0.29, 0.717) is 17.9 Å². The Balaban J connectivity index is 1.17. The average molecular weight is 511 g/mol. The van der Waals surface area contributed by atoms with E-state index in [9.17, 15) is 23.2 Å². The summed E-state index contributed by atoms with van der Waals surface area (Å²) in [6.07, 6.45) is 2.99. The average Bonchev–Trinajstić information content (AvgIpc) is 3.25. The van der Waals surface area contributed by atoms with Crippen LogP contribution in [-0.2, 0) is 24.9 Å². The molecule has 4 aromatic rings. The zero-order valence-corrected chi connectivity index (χ0v) is 19.9. The molecule has 2 N–H and O–H groups in total. The Kier molecular flexibility index (Phi) is 6.53. The van der Waals surface area contributed by atoms with E-state index < -0.39 is 28.8 Å². The number of imidazole rings is 1. The molecule has 3 aromatic heterocycles. The highest BCUT2D eigenvalue weighted by Crippen LogP contribution is 2.19. The SMILES string of the molecule is Cn1c(=O)[nH]c2ncn(CC(=O)Nc3ccc(N4CCN(Cc5cc(F)cc(F)c5)CC4)cn3)c2c1=O. The number of rotatable bonds is 6. The van der Waals surface area contributed by atoms with Gasteiger partial charge in [-0.3, -0.25) is 24.0 Å². The molecule has 0 aliphatic carbocycles. The molecule has 37 heavy (non-hydrogen) atoms. The van der Waals surface area contributed by atoms with Gasteiger partial charge in [0.25, 0.3) is 5.56 Å². The summed E-state index contributed by atoms with van der Waals surface area (Å²) in [5.41, 5.74) is 0.607. The normalized spacial score (nSPS) is 14.3. The molecule has 1 aromatic carbocycles. The van der Waals surface area contributed by atoms with E-state index in [1.165, 1.54) is 30.1 Å². The summed E-state index contributed by atoms with van der Waals surface area (Å²) in [5.74, 6) is -1.21. The Morgan fingerprint density at radius 2 is 1.78 bits per heavy atom. The highest BCUT2D eigenvalue weighted by atomic mass is 19.1. The first-order chi connectivity index (χ1) is 17.8. The van der Waals surface area contributed by atoms with Crippen LogP contribution in [-0.4, -0.2) is 61.1 Å². The number of amides is 1. The van der Waals surface area contributed by atoms with Crippen molar-refractivity contribution in [2.45, 2.75) is 13.1 Å². The minimum Gasteiger partial charge on any atom is -0.368 e. The number of hydrogen-bond acceptors (Lipinski definition) is 7. The first kappa shape index (κ1) is 24.3. The van der Waals surface area contributed by atoms with Crippen LogP contribution in [0.25, 0.3) is 11.2 Å². The molecule has 1 amide bonds. The number of fused-ring (bicyclic) bond motifs is 1. The van der Waals surface area contributed by atoms with Crippen LogP contribution in [0, 0.1) is 11.6 Å². The molecule has 0 saturated carbocycles. The van der Waals surface area contributed by atoms with E-state index in [1.807, 2.05) is 6.07 Å². The predicted molar refractivity (Wildman–Crippen MR) is 132 cm³/mol. The van der Waals surface area contributed by atoms with Gasteiger partial charge in [-0.05, 0) is 29.8 Å². The molecule has 192 valence electrons. The second kappa shape index (κ2) is 9.93. The van der Waals surface area contributed by atoms with Crippen LogP contribution in [0.1, 0.15) is 5.56 Å². The lowest BCUT2D eigenvalue weighted by Gasteiger charge is -2.36. The lowest BCUT2D eigenvalue weighted by molar-refractivity contribution is -0.116. The number of carbonyl (C=O) groups excluding carboxylic acids is 1. The molecule has 4 heterocycles. The van der Waals surface area contributed by atoms with Gasteiger partial charge in [0.15, 0.2) is 11.2 Å². The van der Waals surface area contributed by atoms with E-state index in [0.717, 1.165) is 42.5 Å². The van der Waals surface area contributed by atoms with Crippen molar-refractivity contribution >= 4 is 28.6 Å². The molecule has 0 spiro atoms. The maximum atomic E-state index is 13.4. The maximum Gasteiger partial charge on any atom is 0.329 e.